The number of pyridine rings is 1. The number of hydrogen-bond donors (Lipinski definition) is 1. The van der Waals surface area contributed by atoms with Crippen molar-refractivity contribution in [3.63, 3.8) is 0 Å². The van der Waals surface area contributed by atoms with Crippen molar-refractivity contribution < 1.29 is 13.2 Å². The molecule has 2 fully saturated rings. The summed E-state index contributed by atoms with van der Waals surface area (Å²) in [5.74, 6) is 2.05. The van der Waals surface area contributed by atoms with Gasteiger partial charge in [-0.25, -0.2) is 13.4 Å². The third-order valence-electron chi connectivity index (χ3n) is 5.38. The van der Waals surface area contributed by atoms with Crippen molar-refractivity contribution in [3.05, 3.63) is 18.3 Å². The molecule has 1 N–H and O–H groups in total. The molecule has 0 unspecified atom stereocenters. The largest absolute Gasteiger partial charge is 0.379 e. The number of ether oxygens (including phenoxy) is 1. The standard InChI is InChI=1S/C17H27N3O3S/c1-13-4-3-5-16(14(13)2)19-17-7-6-15(12-18-17)24(21,22)20-8-10-23-11-9-20/h6-7,12-14,16H,3-5,8-11H2,1-2H3,(H,18,19)/t13-,14-,16-/m1/s1. The lowest BCUT2D eigenvalue weighted by atomic mass is 9.78. The van der Waals surface area contributed by atoms with Crippen LogP contribution in [0.25, 0.3) is 0 Å². The van der Waals surface area contributed by atoms with Gasteiger partial charge >= 0.3 is 0 Å². The molecular weight excluding hydrogens is 326 g/mol. The van der Waals surface area contributed by atoms with Gasteiger partial charge in [0.05, 0.1) is 13.2 Å². The van der Waals surface area contributed by atoms with Crippen molar-refractivity contribution in [3.8, 4) is 0 Å². The van der Waals surface area contributed by atoms with Crippen molar-refractivity contribution in [2.24, 2.45) is 11.8 Å². The molecule has 1 aliphatic carbocycles. The van der Waals surface area contributed by atoms with Crippen molar-refractivity contribution in [2.75, 3.05) is 31.6 Å². The van der Waals surface area contributed by atoms with E-state index in [-0.39, 0.29) is 4.90 Å². The summed E-state index contributed by atoms with van der Waals surface area (Å²) in [6, 6.07) is 3.83. The van der Waals surface area contributed by atoms with Gasteiger partial charge in [-0.2, -0.15) is 4.31 Å². The molecule has 1 saturated carbocycles. The van der Waals surface area contributed by atoms with Crippen LogP contribution in [0.15, 0.2) is 23.2 Å². The van der Waals surface area contributed by atoms with Gasteiger partial charge in [-0.1, -0.05) is 26.7 Å². The first-order valence-corrected chi connectivity index (χ1v) is 10.2. The fourth-order valence-electron chi connectivity index (χ4n) is 3.53. The molecule has 2 heterocycles. The van der Waals surface area contributed by atoms with Crippen LogP contribution in [0.1, 0.15) is 33.1 Å². The van der Waals surface area contributed by atoms with E-state index in [1.165, 1.54) is 23.3 Å². The zero-order valence-corrected chi connectivity index (χ0v) is 15.3. The van der Waals surface area contributed by atoms with Crippen LogP contribution in [0.4, 0.5) is 5.82 Å². The van der Waals surface area contributed by atoms with Crippen molar-refractivity contribution in [1.29, 1.82) is 0 Å². The molecule has 1 aliphatic heterocycles. The number of hydrogen-bond acceptors (Lipinski definition) is 5. The minimum atomic E-state index is -3.47. The molecule has 1 aromatic rings. The predicted molar refractivity (Wildman–Crippen MR) is 93.4 cm³/mol. The molecule has 2 aliphatic rings. The van der Waals surface area contributed by atoms with Crippen molar-refractivity contribution >= 4 is 15.8 Å². The van der Waals surface area contributed by atoms with E-state index in [0.29, 0.717) is 44.2 Å². The number of nitrogens with one attached hydrogen (secondary N) is 1. The van der Waals surface area contributed by atoms with Crippen molar-refractivity contribution in [2.45, 2.75) is 44.0 Å². The van der Waals surface area contributed by atoms with Crippen LogP contribution in [0.5, 0.6) is 0 Å². The van der Waals surface area contributed by atoms with Gasteiger partial charge in [-0.3, -0.25) is 0 Å². The summed E-state index contributed by atoms with van der Waals surface area (Å²) in [6.07, 6.45) is 5.11. The van der Waals surface area contributed by atoms with Gasteiger partial charge in [0, 0.05) is 25.3 Å². The smallest absolute Gasteiger partial charge is 0.244 e. The summed E-state index contributed by atoms with van der Waals surface area (Å²) < 4.78 is 31.9. The number of rotatable bonds is 4. The Labute approximate surface area is 144 Å². The Morgan fingerprint density at radius 1 is 1.21 bits per heavy atom. The molecule has 1 saturated heterocycles. The average Bonchev–Trinajstić information content (AvgIpc) is 2.60. The number of anilines is 1. The lowest BCUT2D eigenvalue weighted by Gasteiger charge is -2.35. The third-order valence-corrected chi connectivity index (χ3v) is 7.27. The Morgan fingerprint density at radius 2 is 1.96 bits per heavy atom. The van der Waals surface area contributed by atoms with E-state index in [1.807, 2.05) is 0 Å². The predicted octanol–water partition coefficient (Wildman–Crippen LogP) is 2.34. The maximum atomic E-state index is 12.6. The van der Waals surface area contributed by atoms with Gasteiger partial charge in [0.1, 0.15) is 10.7 Å². The summed E-state index contributed by atoms with van der Waals surface area (Å²) >= 11 is 0. The van der Waals surface area contributed by atoms with E-state index in [0.717, 1.165) is 12.2 Å². The first-order valence-electron chi connectivity index (χ1n) is 8.79. The zero-order chi connectivity index (χ0) is 17.2. The quantitative estimate of drug-likeness (QED) is 0.899. The lowest BCUT2D eigenvalue weighted by Crippen LogP contribution is -2.40. The van der Waals surface area contributed by atoms with Crippen LogP contribution in [0.2, 0.25) is 0 Å². The summed E-state index contributed by atoms with van der Waals surface area (Å²) in [6.45, 7) is 6.27. The van der Waals surface area contributed by atoms with Gasteiger partial charge < -0.3 is 10.1 Å². The maximum Gasteiger partial charge on any atom is 0.244 e. The maximum absolute atomic E-state index is 12.6. The molecule has 6 nitrogen and oxygen atoms in total. The van der Waals surface area contributed by atoms with E-state index in [4.69, 9.17) is 4.74 Å². The highest BCUT2D eigenvalue weighted by Crippen LogP contribution is 2.31. The fourth-order valence-corrected chi connectivity index (χ4v) is 4.88. The lowest BCUT2D eigenvalue weighted by molar-refractivity contribution is 0.0730. The van der Waals surface area contributed by atoms with Gasteiger partial charge in [-0.05, 0) is 30.4 Å². The molecule has 0 aromatic carbocycles. The molecule has 0 bridgehead atoms. The van der Waals surface area contributed by atoms with Crippen LogP contribution in [-0.4, -0.2) is 50.1 Å². The number of sulfonamides is 1. The topological polar surface area (TPSA) is 71.5 Å². The highest BCUT2D eigenvalue weighted by molar-refractivity contribution is 7.89. The van der Waals surface area contributed by atoms with Gasteiger partial charge in [-0.15, -0.1) is 0 Å². The Kier molecular flexibility index (Phi) is 5.42. The molecular formula is C17H27N3O3S. The number of aromatic nitrogens is 1. The van der Waals surface area contributed by atoms with E-state index >= 15 is 0 Å². The second-order valence-corrected chi connectivity index (χ2v) is 8.85. The normalized spacial score (nSPS) is 29.3. The van der Waals surface area contributed by atoms with Gasteiger partial charge in [0.2, 0.25) is 10.0 Å². The SMILES string of the molecule is C[C@@H]1[C@H](C)CCC[C@H]1Nc1ccc(S(=O)(=O)N2CCOCC2)cn1. The van der Waals surface area contributed by atoms with Crippen LogP contribution >= 0.6 is 0 Å². The Morgan fingerprint density at radius 3 is 2.62 bits per heavy atom. The molecule has 3 rings (SSSR count). The van der Waals surface area contributed by atoms with Crippen LogP contribution < -0.4 is 5.32 Å². The van der Waals surface area contributed by atoms with E-state index in [1.54, 1.807) is 12.1 Å². The minimum Gasteiger partial charge on any atom is -0.379 e. The van der Waals surface area contributed by atoms with Crippen LogP contribution in [0.3, 0.4) is 0 Å². The molecule has 0 amide bonds. The Balaban J connectivity index is 1.69. The molecule has 134 valence electrons. The Bertz CT molecular complexity index is 642. The third kappa shape index (κ3) is 3.73. The average molecular weight is 353 g/mol. The highest BCUT2D eigenvalue weighted by atomic mass is 32.2. The summed E-state index contributed by atoms with van der Waals surface area (Å²) in [5, 5.41) is 3.48. The summed E-state index contributed by atoms with van der Waals surface area (Å²) in [4.78, 5) is 4.60. The molecule has 0 radical (unpaired) electrons. The zero-order valence-electron chi connectivity index (χ0n) is 14.4. The molecule has 7 heteroatoms. The molecule has 24 heavy (non-hydrogen) atoms. The monoisotopic (exact) mass is 353 g/mol. The summed E-state index contributed by atoms with van der Waals surface area (Å²) in [7, 11) is -3.47. The van der Waals surface area contributed by atoms with Gasteiger partial charge in [0.25, 0.3) is 0 Å². The number of nitrogens with zero attached hydrogens (tertiary/aromatic N) is 2. The van der Waals surface area contributed by atoms with Crippen molar-refractivity contribution in [1.82, 2.24) is 9.29 Å². The molecule has 3 atom stereocenters. The van der Waals surface area contributed by atoms with E-state index < -0.39 is 10.0 Å². The van der Waals surface area contributed by atoms with E-state index in [2.05, 4.69) is 24.1 Å². The Hall–Kier alpha value is -1.18. The van der Waals surface area contributed by atoms with E-state index in [9.17, 15) is 8.42 Å². The summed E-state index contributed by atoms with van der Waals surface area (Å²) in [5.41, 5.74) is 0. The first kappa shape index (κ1) is 17.6. The first-order chi connectivity index (χ1) is 11.5. The number of morpholine rings is 1. The van der Waals surface area contributed by atoms with Gasteiger partial charge in [0.15, 0.2) is 0 Å². The minimum absolute atomic E-state index is 0.250. The van der Waals surface area contributed by atoms with Crippen LogP contribution in [0, 0.1) is 11.8 Å². The highest BCUT2D eigenvalue weighted by Gasteiger charge is 2.28. The van der Waals surface area contributed by atoms with Crippen LogP contribution in [-0.2, 0) is 14.8 Å². The second-order valence-electron chi connectivity index (χ2n) is 6.91. The molecule has 0 spiro atoms. The second kappa shape index (κ2) is 7.37. The molecule has 1 aromatic heterocycles. The fraction of sp³-hybridized carbons (Fsp3) is 0.706.